The fourth-order valence-corrected chi connectivity index (χ4v) is 6.89. The summed E-state index contributed by atoms with van der Waals surface area (Å²) in [5, 5.41) is 17.2. The number of hydrogen-bond acceptors (Lipinski definition) is 5. The van der Waals surface area contributed by atoms with Crippen molar-refractivity contribution in [3.63, 3.8) is 0 Å². The van der Waals surface area contributed by atoms with Crippen molar-refractivity contribution in [1.29, 1.82) is 5.26 Å². The van der Waals surface area contributed by atoms with Crippen molar-refractivity contribution in [3.05, 3.63) is 22.2 Å². The Balaban J connectivity index is 1.37. The molecule has 0 aromatic carbocycles. The number of aromatic amines is 1. The van der Waals surface area contributed by atoms with Gasteiger partial charge < -0.3 is 20.5 Å². The van der Waals surface area contributed by atoms with Crippen LogP contribution in [-0.4, -0.2) is 58.7 Å². The fourth-order valence-electron chi connectivity index (χ4n) is 5.74. The fraction of sp³-hybridized carbons (Fsp3) is 0.565. The third-order valence-corrected chi connectivity index (χ3v) is 8.69. The van der Waals surface area contributed by atoms with Crippen LogP contribution in [0, 0.1) is 29.1 Å². The second kappa shape index (κ2) is 9.06. The molecule has 1 aliphatic carbocycles. The first-order valence-electron chi connectivity index (χ1n) is 11.6. The Labute approximate surface area is 209 Å². The first kappa shape index (κ1) is 24.0. The van der Waals surface area contributed by atoms with Crippen LogP contribution in [-0.2, 0) is 9.59 Å². The molecule has 0 unspecified atom stereocenters. The molecule has 186 valence electrons. The third kappa shape index (κ3) is 4.49. The Kier molecular flexibility index (Phi) is 6.21. The van der Waals surface area contributed by atoms with Gasteiger partial charge in [0.2, 0.25) is 17.7 Å². The van der Waals surface area contributed by atoms with E-state index in [0.717, 1.165) is 11.1 Å². The molecule has 5 rings (SSSR count). The lowest BCUT2D eigenvalue weighted by atomic mass is 9.90. The molecule has 35 heavy (non-hydrogen) atoms. The number of aromatic nitrogens is 1. The van der Waals surface area contributed by atoms with E-state index in [1.54, 1.807) is 11.4 Å². The van der Waals surface area contributed by atoms with Crippen molar-refractivity contribution in [3.8, 4) is 6.07 Å². The highest BCUT2D eigenvalue weighted by molar-refractivity contribution is 7.17. The topological polar surface area (TPSA) is 118 Å². The van der Waals surface area contributed by atoms with Crippen LogP contribution in [0.3, 0.4) is 0 Å². The average Bonchev–Trinajstić information content (AvgIpc) is 3.54. The van der Waals surface area contributed by atoms with Crippen LogP contribution < -0.4 is 10.6 Å². The first-order valence-corrected chi connectivity index (χ1v) is 12.8. The number of nitriles is 1. The summed E-state index contributed by atoms with van der Waals surface area (Å²) in [6.45, 7) is 0.608. The Bertz CT molecular complexity index is 1220. The number of carbonyl (C=O) groups excluding carboxylic acids is 3. The van der Waals surface area contributed by atoms with Gasteiger partial charge in [0, 0.05) is 37.2 Å². The van der Waals surface area contributed by atoms with Gasteiger partial charge in [0.25, 0.3) is 5.91 Å². The SMILES string of the molecule is N#C[C@@H](C[C@@H]1CCCNC1=O)NC(=O)[C@H]1[C@@H]2CC(F)(F)C[C@@H]2CN1C(=O)c1cc2scc(Cl)c2[nH]1. The van der Waals surface area contributed by atoms with Gasteiger partial charge in [-0.25, -0.2) is 8.78 Å². The number of hydrogen-bond donors (Lipinski definition) is 3. The van der Waals surface area contributed by atoms with Crippen molar-refractivity contribution in [1.82, 2.24) is 20.5 Å². The average molecular weight is 524 g/mol. The molecule has 0 radical (unpaired) electrons. The summed E-state index contributed by atoms with van der Waals surface area (Å²) in [6.07, 6.45) is 0.639. The highest BCUT2D eigenvalue weighted by Crippen LogP contribution is 2.50. The predicted molar refractivity (Wildman–Crippen MR) is 125 cm³/mol. The molecule has 0 spiro atoms. The van der Waals surface area contributed by atoms with Crippen molar-refractivity contribution in [2.24, 2.45) is 17.8 Å². The number of fused-ring (bicyclic) bond motifs is 2. The van der Waals surface area contributed by atoms with Crippen molar-refractivity contribution >= 4 is 50.9 Å². The zero-order chi connectivity index (χ0) is 24.9. The zero-order valence-corrected chi connectivity index (χ0v) is 20.2. The van der Waals surface area contributed by atoms with Crippen molar-refractivity contribution in [2.45, 2.75) is 50.1 Å². The standard InChI is InChI=1S/C23H24ClF2N5O3S/c24-15-10-35-17-5-16(30-18(15)17)22(34)31-9-12-6-23(25,26)7-14(12)19(31)21(33)29-13(8-27)4-11-2-1-3-28-20(11)32/h5,10-14,19,30H,1-4,6-7,9H2,(H,28,32)(H,29,33)/t11-,12+,13+,14+,19+/m0/s1. The highest BCUT2D eigenvalue weighted by Gasteiger charge is 2.58. The van der Waals surface area contributed by atoms with Gasteiger partial charge in [-0.15, -0.1) is 11.3 Å². The number of piperidine rings is 1. The molecule has 2 aromatic rings. The number of nitrogens with zero attached hydrogens (tertiary/aromatic N) is 2. The molecule has 1 saturated carbocycles. The molecule has 2 saturated heterocycles. The van der Waals surface area contributed by atoms with Gasteiger partial charge in [-0.3, -0.25) is 14.4 Å². The molecule has 3 amide bonds. The number of rotatable bonds is 5. The van der Waals surface area contributed by atoms with Crippen LogP contribution in [0.2, 0.25) is 5.02 Å². The Morgan fingerprint density at radius 3 is 2.91 bits per heavy atom. The normalized spacial score (nSPS) is 28.4. The number of halogens is 3. The van der Waals surface area contributed by atoms with E-state index >= 15 is 0 Å². The first-order chi connectivity index (χ1) is 16.7. The smallest absolute Gasteiger partial charge is 0.271 e. The summed E-state index contributed by atoms with van der Waals surface area (Å²) in [5.41, 5.74) is 0.844. The molecule has 2 aliphatic heterocycles. The molecule has 0 bridgehead atoms. The Hall–Kier alpha value is -2.71. The molecular weight excluding hydrogens is 500 g/mol. The molecule has 5 atom stereocenters. The minimum absolute atomic E-state index is 0.0276. The van der Waals surface area contributed by atoms with Crippen LogP contribution in [0.1, 0.15) is 42.6 Å². The molecule has 3 N–H and O–H groups in total. The summed E-state index contributed by atoms with van der Waals surface area (Å²) in [5.74, 6) is -5.82. The van der Waals surface area contributed by atoms with Crippen LogP contribution in [0.25, 0.3) is 10.2 Å². The maximum atomic E-state index is 14.2. The highest BCUT2D eigenvalue weighted by atomic mass is 35.5. The number of carbonyl (C=O) groups is 3. The summed E-state index contributed by atoms with van der Waals surface area (Å²) in [6, 6.07) is 1.56. The monoisotopic (exact) mass is 523 g/mol. The van der Waals surface area contributed by atoms with E-state index in [-0.39, 0.29) is 31.0 Å². The largest absolute Gasteiger partial charge is 0.356 e. The summed E-state index contributed by atoms with van der Waals surface area (Å²) in [4.78, 5) is 43.2. The quantitative estimate of drug-likeness (QED) is 0.557. The van der Waals surface area contributed by atoms with Gasteiger partial charge >= 0.3 is 0 Å². The molecule has 3 fully saturated rings. The minimum Gasteiger partial charge on any atom is -0.356 e. The van der Waals surface area contributed by atoms with Gasteiger partial charge in [-0.2, -0.15) is 5.26 Å². The number of H-pyrrole nitrogens is 1. The van der Waals surface area contributed by atoms with Crippen molar-refractivity contribution < 1.29 is 23.2 Å². The lowest BCUT2D eigenvalue weighted by molar-refractivity contribution is -0.129. The second-order valence-corrected chi connectivity index (χ2v) is 11.0. The van der Waals surface area contributed by atoms with Gasteiger partial charge in [0.15, 0.2) is 0 Å². The van der Waals surface area contributed by atoms with E-state index in [9.17, 15) is 28.4 Å². The third-order valence-electron chi connectivity index (χ3n) is 7.33. The van der Waals surface area contributed by atoms with E-state index in [4.69, 9.17) is 11.6 Å². The summed E-state index contributed by atoms with van der Waals surface area (Å²) >= 11 is 7.52. The summed E-state index contributed by atoms with van der Waals surface area (Å²) in [7, 11) is 0. The number of thiophene rings is 1. The molecule has 4 heterocycles. The van der Waals surface area contributed by atoms with Gasteiger partial charge in [-0.1, -0.05) is 11.6 Å². The van der Waals surface area contributed by atoms with Gasteiger partial charge in [0.1, 0.15) is 17.8 Å². The number of nitrogens with one attached hydrogen (secondary N) is 3. The Morgan fingerprint density at radius 2 is 2.20 bits per heavy atom. The number of likely N-dealkylation sites (tertiary alicyclic amines) is 1. The molecule has 8 nitrogen and oxygen atoms in total. The van der Waals surface area contributed by atoms with E-state index in [0.29, 0.717) is 23.5 Å². The van der Waals surface area contributed by atoms with Crippen molar-refractivity contribution in [2.75, 3.05) is 13.1 Å². The van der Waals surface area contributed by atoms with Crippen LogP contribution in [0.4, 0.5) is 8.78 Å². The van der Waals surface area contributed by atoms with E-state index in [2.05, 4.69) is 15.6 Å². The molecule has 12 heteroatoms. The Morgan fingerprint density at radius 1 is 1.40 bits per heavy atom. The van der Waals surface area contributed by atoms with Crippen LogP contribution in [0.5, 0.6) is 0 Å². The number of amides is 3. The summed E-state index contributed by atoms with van der Waals surface area (Å²) < 4.78 is 29.2. The lowest BCUT2D eigenvalue weighted by Gasteiger charge is -2.29. The van der Waals surface area contributed by atoms with Crippen LogP contribution in [0.15, 0.2) is 11.4 Å². The maximum absolute atomic E-state index is 14.2. The molecule has 3 aliphatic rings. The van der Waals surface area contributed by atoms with Gasteiger partial charge in [-0.05, 0) is 37.2 Å². The zero-order valence-electron chi connectivity index (χ0n) is 18.7. The second-order valence-electron chi connectivity index (χ2n) is 9.65. The van der Waals surface area contributed by atoms with E-state index in [1.807, 2.05) is 6.07 Å². The molecule has 2 aromatic heterocycles. The minimum atomic E-state index is -2.90. The number of alkyl halides is 2. The molecular formula is C23H24ClF2N5O3S. The van der Waals surface area contributed by atoms with E-state index < -0.39 is 54.0 Å². The predicted octanol–water partition coefficient (Wildman–Crippen LogP) is 3.29. The van der Waals surface area contributed by atoms with Crippen LogP contribution >= 0.6 is 22.9 Å². The van der Waals surface area contributed by atoms with Gasteiger partial charge in [0.05, 0.1) is 21.3 Å². The lowest BCUT2D eigenvalue weighted by Crippen LogP contribution is -2.52. The van der Waals surface area contributed by atoms with E-state index in [1.165, 1.54) is 16.2 Å². The maximum Gasteiger partial charge on any atom is 0.271 e.